The second-order valence-corrected chi connectivity index (χ2v) is 6.47. The normalized spacial score (nSPS) is 10.4. The van der Waals surface area contributed by atoms with Crippen LogP contribution in [-0.2, 0) is 6.54 Å². The Balaban J connectivity index is 2.24. The zero-order valence-electron chi connectivity index (χ0n) is 14.0. The standard InChI is InChI=1S/C17H19IN2O4/c1-9-5-10(2)20-17(22)12(9)8-19-16(21)11-6-14(23-3)15(24-4)7-13(11)18/h5-7H,8H2,1-4H3,(H,19,21)(H,20,22). The van der Waals surface area contributed by atoms with Gasteiger partial charge in [-0.2, -0.15) is 0 Å². The van der Waals surface area contributed by atoms with Crippen LogP contribution in [0.2, 0.25) is 0 Å². The Labute approximate surface area is 153 Å². The molecule has 2 N–H and O–H groups in total. The fourth-order valence-corrected chi connectivity index (χ4v) is 3.08. The van der Waals surface area contributed by atoms with Crippen LogP contribution in [0.3, 0.4) is 0 Å². The molecule has 0 aliphatic rings. The van der Waals surface area contributed by atoms with Crippen molar-refractivity contribution in [3.8, 4) is 11.5 Å². The first-order chi connectivity index (χ1) is 11.4. The Hall–Kier alpha value is -2.03. The number of benzene rings is 1. The first-order valence-corrected chi connectivity index (χ1v) is 8.34. The van der Waals surface area contributed by atoms with Crippen LogP contribution in [0.1, 0.15) is 27.2 Å². The molecule has 2 rings (SSSR count). The number of carbonyl (C=O) groups excluding carboxylic acids is 1. The summed E-state index contributed by atoms with van der Waals surface area (Å²) in [6.45, 7) is 3.83. The number of amides is 1. The molecule has 1 aromatic heterocycles. The molecule has 1 amide bonds. The molecular formula is C17H19IN2O4. The summed E-state index contributed by atoms with van der Waals surface area (Å²) in [6.07, 6.45) is 0. The van der Waals surface area contributed by atoms with E-state index in [4.69, 9.17) is 9.47 Å². The van der Waals surface area contributed by atoms with Crippen molar-refractivity contribution >= 4 is 28.5 Å². The minimum atomic E-state index is -0.278. The number of nitrogens with one attached hydrogen (secondary N) is 2. The largest absolute Gasteiger partial charge is 0.493 e. The highest BCUT2D eigenvalue weighted by Gasteiger charge is 2.16. The van der Waals surface area contributed by atoms with E-state index in [1.165, 1.54) is 7.11 Å². The van der Waals surface area contributed by atoms with Gasteiger partial charge in [0.15, 0.2) is 11.5 Å². The molecule has 0 atom stereocenters. The maximum Gasteiger partial charge on any atom is 0.253 e. The number of aryl methyl sites for hydroxylation is 2. The van der Waals surface area contributed by atoms with Gasteiger partial charge in [-0.1, -0.05) is 0 Å². The van der Waals surface area contributed by atoms with Gasteiger partial charge in [-0.05, 0) is 60.2 Å². The van der Waals surface area contributed by atoms with E-state index in [1.807, 2.05) is 19.9 Å². The number of hydrogen-bond donors (Lipinski definition) is 2. The van der Waals surface area contributed by atoms with Gasteiger partial charge >= 0.3 is 0 Å². The molecule has 7 heteroatoms. The number of H-pyrrole nitrogens is 1. The Morgan fingerprint density at radius 3 is 2.38 bits per heavy atom. The molecule has 0 aliphatic carbocycles. The summed E-state index contributed by atoms with van der Waals surface area (Å²) in [5, 5.41) is 2.79. The highest BCUT2D eigenvalue weighted by atomic mass is 127. The van der Waals surface area contributed by atoms with Crippen LogP contribution < -0.4 is 20.3 Å². The molecule has 0 radical (unpaired) electrons. The molecule has 1 aromatic carbocycles. The minimum absolute atomic E-state index is 0.157. The van der Waals surface area contributed by atoms with Gasteiger partial charge in [-0.3, -0.25) is 9.59 Å². The summed E-state index contributed by atoms with van der Waals surface area (Å²) in [4.78, 5) is 27.2. The van der Waals surface area contributed by atoms with Crippen LogP contribution in [0, 0.1) is 17.4 Å². The lowest BCUT2D eigenvalue weighted by atomic mass is 10.1. The number of ether oxygens (including phenoxy) is 2. The summed E-state index contributed by atoms with van der Waals surface area (Å²) in [5.41, 5.74) is 2.47. The van der Waals surface area contributed by atoms with Crippen LogP contribution in [0.4, 0.5) is 0 Å². The number of methoxy groups -OCH3 is 2. The van der Waals surface area contributed by atoms with E-state index in [-0.39, 0.29) is 18.0 Å². The van der Waals surface area contributed by atoms with E-state index in [9.17, 15) is 9.59 Å². The number of halogens is 1. The third kappa shape index (κ3) is 3.89. The number of aromatic nitrogens is 1. The number of hydrogen-bond acceptors (Lipinski definition) is 4. The van der Waals surface area contributed by atoms with E-state index in [2.05, 4.69) is 32.9 Å². The highest BCUT2D eigenvalue weighted by Crippen LogP contribution is 2.31. The molecular weight excluding hydrogens is 423 g/mol. The third-order valence-corrected chi connectivity index (χ3v) is 4.53. The number of rotatable bonds is 5. The summed E-state index contributed by atoms with van der Waals surface area (Å²) in [7, 11) is 3.06. The van der Waals surface area contributed by atoms with E-state index >= 15 is 0 Å². The Kier molecular flexibility index (Phi) is 5.87. The maximum atomic E-state index is 12.5. The molecule has 0 spiro atoms. The second kappa shape index (κ2) is 7.69. The van der Waals surface area contributed by atoms with Crippen molar-refractivity contribution in [2.45, 2.75) is 20.4 Å². The minimum Gasteiger partial charge on any atom is -0.493 e. The van der Waals surface area contributed by atoms with Crippen molar-refractivity contribution in [3.05, 3.63) is 54.5 Å². The lowest BCUT2D eigenvalue weighted by Gasteiger charge is -2.12. The van der Waals surface area contributed by atoms with Gasteiger partial charge in [0.05, 0.1) is 19.8 Å². The van der Waals surface area contributed by atoms with Crippen LogP contribution in [0.25, 0.3) is 0 Å². The monoisotopic (exact) mass is 442 g/mol. The average Bonchev–Trinajstić information content (AvgIpc) is 2.53. The van der Waals surface area contributed by atoms with Crippen molar-refractivity contribution in [2.75, 3.05) is 14.2 Å². The fourth-order valence-electron chi connectivity index (χ4n) is 2.39. The first-order valence-electron chi connectivity index (χ1n) is 7.26. The molecule has 0 unspecified atom stereocenters. The fraction of sp³-hybridized carbons (Fsp3) is 0.294. The highest BCUT2D eigenvalue weighted by molar-refractivity contribution is 14.1. The molecule has 0 saturated carbocycles. The van der Waals surface area contributed by atoms with E-state index in [1.54, 1.807) is 19.2 Å². The Morgan fingerprint density at radius 1 is 1.17 bits per heavy atom. The third-order valence-electron chi connectivity index (χ3n) is 3.64. The van der Waals surface area contributed by atoms with Gasteiger partial charge in [0, 0.05) is 21.4 Å². The number of aromatic amines is 1. The van der Waals surface area contributed by atoms with E-state index in [0.29, 0.717) is 22.6 Å². The summed E-state index contributed by atoms with van der Waals surface area (Å²) < 4.78 is 11.2. The SMILES string of the molecule is COc1cc(I)c(C(=O)NCc2c(C)cc(C)[nH]c2=O)cc1OC. The average molecular weight is 442 g/mol. The van der Waals surface area contributed by atoms with Crippen LogP contribution in [-0.4, -0.2) is 25.1 Å². The quantitative estimate of drug-likeness (QED) is 0.698. The summed E-state index contributed by atoms with van der Waals surface area (Å²) in [6, 6.07) is 5.24. The summed E-state index contributed by atoms with van der Waals surface area (Å²) in [5.74, 6) is 0.761. The van der Waals surface area contributed by atoms with Gasteiger partial charge in [0.2, 0.25) is 0 Å². The molecule has 0 bridgehead atoms. The van der Waals surface area contributed by atoms with Gasteiger partial charge in [0.25, 0.3) is 11.5 Å². The maximum absolute atomic E-state index is 12.5. The van der Waals surface area contributed by atoms with Gasteiger partial charge in [0.1, 0.15) is 0 Å². The second-order valence-electron chi connectivity index (χ2n) is 5.31. The van der Waals surface area contributed by atoms with Crippen LogP contribution >= 0.6 is 22.6 Å². The number of pyridine rings is 1. The van der Waals surface area contributed by atoms with Gasteiger partial charge in [-0.15, -0.1) is 0 Å². The molecule has 24 heavy (non-hydrogen) atoms. The lowest BCUT2D eigenvalue weighted by Crippen LogP contribution is -2.28. The van der Waals surface area contributed by atoms with Crippen LogP contribution in [0.5, 0.6) is 11.5 Å². The number of carbonyl (C=O) groups is 1. The zero-order valence-corrected chi connectivity index (χ0v) is 16.1. The molecule has 128 valence electrons. The predicted molar refractivity (Wildman–Crippen MR) is 100.0 cm³/mol. The van der Waals surface area contributed by atoms with Crippen LogP contribution in [0.15, 0.2) is 23.0 Å². The smallest absolute Gasteiger partial charge is 0.253 e. The van der Waals surface area contributed by atoms with E-state index < -0.39 is 0 Å². The molecule has 0 fully saturated rings. The van der Waals surface area contributed by atoms with Gasteiger partial charge < -0.3 is 19.8 Å². The molecule has 2 aromatic rings. The van der Waals surface area contributed by atoms with Crippen molar-refractivity contribution in [3.63, 3.8) is 0 Å². The van der Waals surface area contributed by atoms with E-state index in [0.717, 1.165) is 14.8 Å². The lowest BCUT2D eigenvalue weighted by molar-refractivity contribution is 0.0949. The van der Waals surface area contributed by atoms with Crippen molar-refractivity contribution in [1.82, 2.24) is 10.3 Å². The van der Waals surface area contributed by atoms with Crippen molar-refractivity contribution < 1.29 is 14.3 Å². The van der Waals surface area contributed by atoms with Gasteiger partial charge in [-0.25, -0.2) is 0 Å². The molecule has 0 saturated heterocycles. The molecule has 6 nitrogen and oxygen atoms in total. The topological polar surface area (TPSA) is 80.4 Å². The van der Waals surface area contributed by atoms with Crippen molar-refractivity contribution in [1.29, 1.82) is 0 Å². The predicted octanol–water partition coefficient (Wildman–Crippen LogP) is 2.54. The first kappa shape index (κ1) is 18.3. The van der Waals surface area contributed by atoms with Crippen molar-refractivity contribution in [2.24, 2.45) is 0 Å². The summed E-state index contributed by atoms with van der Waals surface area (Å²) >= 11 is 2.07. The Morgan fingerprint density at radius 2 is 1.79 bits per heavy atom. The zero-order chi connectivity index (χ0) is 17.9. The molecule has 0 aliphatic heterocycles. The Bertz CT molecular complexity index is 830. The molecule has 1 heterocycles.